The first kappa shape index (κ1) is 63.1. The highest BCUT2D eigenvalue weighted by atomic mass is 35.5. The summed E-state index contributed by atoms with van der Waals surface area (Å²) >= 11 is 4.71. The molecule has 4 heterocycles. The van der Waals surface area contributed by atoms with E-state index >= 15 is 0 Å². The predicted molar refractivity (Wildman–Crippen MR) is 347 cm³/mol. The van der Waals surface area contributed by atoms with Crippen molar-refractivity contribution < 1.29 is 38.1 Å². The van der Waals surface area contributed by atoms with Crippen LogP contribution in [0.1, 0.15) is 41.5 Å². The fraction of sp³-hybridized carbons (Fsp3) is 0.273. The van der Waals surface area contributed by atoms with Crippen molar-refractivity contribution in [2.24, 2.45) is 0 Å². The molecule has 5 N–H and O–H groups in total. The highest BCUT2D eigenvalue weighted by molar-refractivity contribution is 6.66. The maximum absolute atomic E-state index is 12.5. The highest BCUT2D eigenvalue weighted by Crippen LogP contribution is 2.36. The van der Waals surface area contributed by atoms with Crippen molar-refractivity contribution in [3.63, 3.8) is 0 Å². The van der Waals surface area contributed by atoms with Gasteiger partial charge in [0.15, 0.2) is 0 Å². The smallest absolute Gasteiger partial charge is 0.410 e. The Kier molecular flexibility index (Phi) is 20.5. The van der Waals surface area contributed by atoms with Crippen LogP contribution in [0.5, 0.6) is 11.5 Å². The van der Waals surface area contributed by atoms with Crippen LogP contribution >= 0.6 is 11.6 Å². The van der Waals surface area contributed by atoms with Crippen LogP contribution in [-0.4, -0.2) is 131 Å². The van der Waals surface area contributed by atoms with E-state index in [0.717, 1.165) is 72.9 Å². The van der Waals surface area contributed by atoms with E-state index in [1.807, 2.05) is 169 Å². The lowest BCUT2D eigenvalue weighted by molar-refractivity contribution is -0.112. The van der Waals surface area contributed by atoms with Gasteiger partial charge in [-0.25, -0.2) is 29.5 Å². The van der Waals surface area contributed by atoms with Crippen molar-refractivity contribution in [1.29, 1.82) is 0 Å². The number of fused-ring (bicyclic) bond motifs is 2. The van der Waals surface area contributed by atoms with Crippen LogP contribution in [-0.2, 0) is 19.1 Å². The van der Waals surface area contributed by atoms with Crippen LogP contribution in [0.4, 0.5) is 55.6 Å². The second-order valence-electron chi connectivity index (χ2n) is 22.2. The Hall–Kier alpha value is -9.95. The van der Waals surface area contributed by atoms with Gasteiger partial charge in [0.05, 0.1) is 36.6 Å². The molecule has 20 nitrogen and oxygen atoms in total. The zero-order chi connectivity index (χ0) is 62.4. The molecule has 2 aliphatic rings. The SMILES string of the molecule is C=CC(=O)Cl.C=CC(=O)Nc1cccc(-c2cccc3cnc(Nc4ccc(N5CCN(C(=O)OC(C)(C)C)CC5)cc4OC)nc23)c1.COc1cc(N2CCN(C(=O)OC(C)(C)C)CC2)ccc1Nc1ncc2cccc(-c3cccc(N)c3)c2n1. The van der Waals surface area contributed by atoms with Crippen molar-refractivity contribution in [2.75, 3.05) is 98.1 Å². The molecule has 2 aromatic heterocycles. The summed E-state index contributed by atoms with van der Waals surface area (Å²) in [6.45, 7) is 23.0. The summed E-state index contributed by atoms with van der Waals surface area (Å²) in [6, 6.07) is 39.2. The fourth-order valence-electron chi connectivity index (χ4n) is 9.51. The Morgan fingerprint density at radius 3 is 1.39 bits per heavy atom. The van der Waals surface area contributed by atoms with Crippen molar-refractivity contribution >= 4 is 103 Å². The number of benzene rings is 6. The molecule has 2 saturated heterocycles. The first-order valence-corrected chi connectivity index (χ1v) is 28.6. The Morgan fingerprint density at radius 2 is 0.989 bits per heavy atom. The van der Waals surface area contributed by atoms with Crippen molar-refractivity contribution in [3.05, 3.63) is 159 Å². The van der Waals surface area contributed by atoms with Crippen molar-refractivity contribution in [1.82, 2.24) is 29.7 Å². The number of ether oxygens (including phenoxy) is 4. The number of carbonyl (C=O) groups excluding carboxylic acids is 4. The summed E-state index contributed by atoms with van der Waals surface area (Å²) in [5, 5.41) is 10.8. The molecule has 0 atom stereocenters. The minimum Gasteiger partial charge on any atom is -0.494 e. The first-order chi connectivity index (χ1) is 41.6. The molecule has 0 radical (unpaired) electrons. The van der Waals surface area contributed by atoms with Gasteiger partial charge >= 0.3 is 12.2 Å². The number of carbonyl (C=O) groups is 4. The van der Waals surface area contributed by atoms with Crippen LogP contribution in [0.25, 0.3) is 44.1 Å². The number of nitrogen functional groups attached to an aromatic ring is 1. The number of halogens is 1. The molecule has 3 amide bonds. The topological polar surface area (TPSA) is 232 Å². The maximum Gasteiger partial charge on any atom is 0.410 e. The summed E-state index contributed by atoms with van der Waals surface area (Å²) in [6.07, 6.45) is 5.32. The van der Waals surface area contributed by atoms with Gasteiger partial charge in [-0.2, -0.15) is 0 Å². The molecule has 21 heteroatoms. The number of hydrogen-bond acceptors (Lipinski definition) is 17. The van der Waals surface area contributed by atoms with E-state index in [4.69, 9.17) is 46.3 Å². The monoisotopic (exact) mass is 1200 g/mol. The number of allylic oxidation sites excluding steroid dienone is 1. The average Bonchev–Trinajstić information content (AvgIpc) is 1.89. The van der Waals surface area contributed by atoms with Crippen molar-refractivity contribution in [3.8, 4) is 33.8 Å². The standard InChI is InChI=1S/C33H36N6O4.C30H34N6O3.C3H3ClO/c1-6-29(40)35-24-11-7-9-22(19-24)26-12-8-10-23-21-34-31(37-30(23)26)36-27-14-13-25(20-28(27)42-5)38-15-17-39(18-16-38)32(41)43-33(2,3)4;1-30(2,3)39-29(37)36-15-13-35(14-16-36)23-11-12-25(26(18-23)38-4)33-28-32-19-21-8-6-10-24(27(21)34-28)20-7-5-9-22(31)17-20;1-2-3(4)5/h6-14,19-21H,1,15-18H2,2-5H3,(H,35,40)(H,34,36,37);5-12,17-19H,13-16,31H2,1-4H3,(H,32,33,34);2H,1H2. The molecule has 0 spiro atoms. The lowest BCUT2D eigenvalue weighted by Gasteiger charge is -2.37. The zero-order valence-electron chi connectivity index (χ0n) is 50.2. The molecule has 10 rings (SSSR count). The van der Waals surface area contributed by atoms with E-state index in [-0.39, 0.29) is 18.1 Å². The van der Waals surface area contributed by atoms with E-state index in [1.54, 1.807) is 30.2 Å². The third-order valence-electron chi connectivity index (χ3n) is 13.7. The number of nitrogens with zero attached hydrogens (tertiary/aromatic N) is 8. The van der Waals surface area contributed by atoms with E-state index in [0.29, 0.717) is 87.1 Å². The van der Waals surface area contributed by atoms with Gasteiger partial charge in [0, 0.05) is 122 Å². The molecular formula is C66H73ClN12O8. The van der Waals surface area contributed by atoms with E-state index in [1.165, 1.54) is 6.08 Å². The molecule has 6 aromatic carbocycles. The van der Waals surface area contributed by atoms with Gasteiger partial charge in [0.1, 0.15) is 22.7 Å². The Labute approximate surface area is 512 Å². The number of nitrogens with one attached hydrogen (secondary N) is 3. The minimum absolute atomic E-state index is 0.270. The molecule has 0 aliphatic carbocycles. The molecule has 452 valence electrons. The molecular weight excluding hydrogens is 1120 g/mol. The quantitative estimate of drug-likeness (QED) is 0.0477. The summed E-state index contributed by atoms with van der Waals surface area (Å²) in [4.78, 5) is 72.8. The van der Waals surface area contributed by atoms with Crippen LogP contribution in [0.15, 0.2) is 159 Å². The summed E-state index contributed by atoms with van der Waals surface area (Å²) in [5.74, 6) is 1.94. The number of amides is 3. The number of methoxy groups -OCH3 is 2. The summed E-state index contributed by atoms with van der Waals surface area (Å²) < 4.78 is 22.5. The van der Waals surface area contributed by atoms with Gasteiger partial charge in [-0.05, 0) is 125 Å². The second kappa shape index (κ2) is 28.3. The van der Waals surface area contributed by atoms with Gasteiger partial charge in [-0.15, -0.1) is 0 Å². The van der Waals surface area contributed by atoms with Gasteiger partial charge < -0.3 is 60.2 Å². The normalized spacial score (nSPS) is 13.2. The van der Waals surface area contributed by atoms with E-state index < -0.39 is 16.4 Å². The number of hydrogen-bond donors (Lipinski definition) is 4. The first-order valence-electron chi connectivity index (χ1n) is 28.2. The van der Waals surface area contributed by atoms with Crippen molar-refractivity contribution in [2.45, 2.75) is 52.7 Å². The summed E-state index contributed by atoms with van der Waals surface area (Å²) in [7, 11) is 3.27. The second-order valence-corrected chi connectivity index (χ2v) is 22.6. The number of piperazine rings is 2. The Bertz CT molecular complexity index is 3800. The van der Waals surface area contributed by atoms with E-state index in [9.17, 15) is 19.2 Å². The lowest BCUT2D eigenvalue weighted by Crippen LogP contribution is -2.50. The Balaban J connectivity index is 0.000000210. The van der Waals surface area contributed by atoms with E-state index in [2.05, 4.69) is 48.9 Å². The van der Waals surface area contributed by atoms with Gasteiger partial charge in [-0.1, -0.05) is 73.8 Å². The third kappa shape index (κ3) is 17.1. The largest absolute Gasteiger partial charge is 0.494 e. The number of anilines is 8. The third-order valence-corrected chi connectivity index (χ3v) is 13.8. The molecule has 2 fully saturated rings. The molecule has 0 unspecified atom stereocenters. The molecule has 2 aliphatic heterocycles. The number of nitrogens with two attached hydrogens (primary N) is 1. The molecule has 0 bridgehead atoms. The highest BCUT2D eigenvalue weighted by Gasteiger charge is 2.28. The fourth-order valence-corrected chi connectivity index (χ4v) is 9.51. The number of para-hydroxylation sites is 2. The number of aromatic nitrogens is 4. The van der Waals surface area contributed by atoms with Crippen LogP contribution in [0.3, 0.4) is 0 Å². The number of rotatable bonds is 13. The molecule has 87 heavy (non-hydrogen) atoms. The zero-order valence-corrected chi connectivity index (χ0v) is 51.0. The Morgan fingerprint density at radius 1 is 0.563 bits per heavy atom. The minimum atomic E-state index is -0.518. The summed E-state index contributed by atoms with van der Waals surface area (Å²) in [5.41, 5.74) is 15.3. The molecule has 8 aromatic rings. The van der Waals surface area contributed by atoms with Gasteiger partial charge in [0.2, 0.25) is 23.0 Å². The molecule has 0 saturated carbocycles. The lowest BCUT2D eigenvalue weighted by atomic mass is 10.0. The van der Waals surface area contributed by atoms with Crippen LogP contribution in [0.2, 0.25) is 0 Å². The average molecular weight is 1200 g/mol. The van der Waals surface area contributed by atoms with Gasteiger partial charge in [0.25, 0.3) is 0 Å². The predicted octanol–water partition coefficient (Wildman–Crippen LogP) is 12.9. The maximum atomic E-state index is 12.5. The van der Waals surface area contributed by atoms with Gasteiger partial charge in [-0.3, -0.25) is 9.59 Å². The van der Waals surface area contributed by atoms with Crippen LogP contribution in [0, 0.1) is 0 Å². The van der Waals surface area contributed by atoms with Crippen LogP contribution < -0.4 is 41.0 Å².